The number of nitrogens with one attached hydrogen (secondary N) is 1. The normalized spacial score (nSPS) is 25.9. The Hall–Kier alpha value is -2.23. The largest absolute Gasteiger partial charge is 0.442 e. The fourth-order valence-electron chi connectivity index (χ4n) is 4.28. The molecule has 0 spiro atoms. The Bertz CT molecular complexity index is 937. The summed E-state index contributed by atoms with van der Waals surface area (Å²) in [5.74, 6) is 0.916. The number of carbonyl (C=O) groups is 2. The van der Waals surface area contributed by atoms with Gasteiger partial charge in [-0.25, -0.2) is 9.80 Å². The molecule has 1 aromatic rings. The monoisotopic (exact) mass is 461 g/mol. The second kappa shape index (κ2) is 8.72. The van der Waals surface area contributed by atoms with E-state index in [2.05, 4.69) is 15.3 Å². The van der Waals surface area contributed by atoms with Gasteiger partial charge < -0.3 is 10.1 Å². The van der Waals surface area contributed by atoms with Crippen molar-refractivity contribution in [1.82, 2.24) is 15.3 Å². The summed E-state index contributed by atoms with van der Waals surface area (Å²) in [7, 11) is 0. The number of allylic oxidation sites excluding steroid dienone is 1. The number of nitrogens with zero attached hydrogens (tertiary/aromatic N) is 4. The molecule has 0 aromatic heterocycles. The number of fused-ring (bicyclic) bond motifs is 1. The molecule has 2 fully saturated rings. The number of thioether (sulfide) groups is 1. The van der Waals surface area contributed by atoms with Crippen molar-refractivity contribution in [3.63, 3.8) is 0 Å². The van der Waals surface area contributed by atoms with E-state index in [9.17, 15) is 9.59 Å². The summed E-state index contributed by atoms with van der Waals surface area (Å²) in [6.07, 6.45) is 2.84. The molecule has 164 valence electrons. The smallest absolute Gasteiger partial charge is 0.414 e. The molecule has 1 N–H and O–H groups in total. The highest BCUT2D eigenvalue weighted by molar-refractivity contribution is 8.06. The number of hydrogen-bond donors (Lipinski definition) is 1. The lowest BCUT2D eigenvalue weighted by Crippen LogP contribution is -2.46. The Balaban J connectivity index is 1.18. The summed E-state index contributed by atoms with van der Waals surface area (Å²) in [5, 5.41) is 7.27. The van der Waals surface area contributed by atoms with Crippen LogP contribution in [0.2, 0.25) is 0 Å². The van der Waals surface area contributed by atoms with E-state index in [1.807, 2.05) is 30.3 Å². The van der Waals surface area contributed by atoms with Crippen molar-refractivity contribution >= 4 is 46.9 Å². The first-order chi connectivity index (χ1) is 15.1. The van der Waals surface area contributed by atoms with E-state index < -0.39 is 6.09 Å². The standard InChI is InChI=1S/C21H24ClN5O3S/c22-18-7-6-17(31-18)20(28)24-12-16-13-26(21(29)30-16)15-4-2-14(3-5-15)19-23-8-11-25-9-1-10-27(19)25/h2-5,7,16-17H,1,6,8-13H2,(H,24,28)/t16-,17?/m0/s1. The maximum absolute atomic E-state index is 12.4. The van der Waals surface area contributed by atoms with Gasteiger partial charge >= 0.3 is 6.09 Å². The molecule has 4 aliphatic rings. The predicted molar refractivity (Wildman–Crippen MR) is 121 cm³/mol. The molecular weight excluding hydrogens is 438 g/mol. The van der Waals surface area contributed by atoms with Crippen LogP contribution in [0.15, 0.2) is 39.7 Å². The molecule has 8 nitrogen and oxygen atoms in total. The summed E-state index contributed by atoms with van der Waals surface area (Å²) < 4.78 is 6.11. The van der Waals surface area contributed by atoms with Crippen molar-refractivity contribution in [3.8, 4) is 0 Å². The summed E-state index contributed by atoms with van der Waals surface area (Å²) in [4.78, 5) is 31.0. The van der Waals surface area contributed by atoms with Crippen LogP contribution in [0.3, 0.4) is 0 Å². The van der Waals surface area contributed by atoms with Crippen LogP contribution in [-0.4, -0.2) is 78.5 Å². The van der Waals surface area contributed by atoms with Gasteiger partial charge in [-0.15, -0.1) is 11.8 Å². The highest BCUT2D eigenvalue weighted by atomic mass is 35.5. The third kappa shape index (κ3) is 4.26. The van der Waals surface area contributed by atoms with Crippen molar-refractivity contribution in [2.24, 2.45) is 4.99 Å². The van der Waals surface area contributed by atoms with E-state index in [0.29, 0.717) is 17.3 Å². The second-order valence-electron chi connectivity index (χ2n) is 7.89. The first kappa shape index (κ1) is 20.7. The van der Waals surface area contributed by atoms with E-state index in [1.165, 1.54) is 11.8 Å². The molecule has 0 radical (unpaired) electrons. The Morgan fingerprint density at radius 3 is 2.87 bits per heavy atom. The summed E-state index contributed by atoms with van der Waals surface area (Å²) >= 11 is 7.28. The quantitative estimate of drug-likeness (QED) is 0.725. The Labute approximate surface area is 190 Å². The van der Waals surface area contributed by atoms with Crippen LogP contribution in [0.4, 0.5) is 10.5 Å². The molecule has 5 rings (SSSR count). The van der Waals surface area contributed by atoms with E-state index in [0.717, 1.165) is 49.7 Å². The minimum absolute atomic E-state index is 0.0834. The van der Waals surface area contributed by atoms with Gasteiger partial charge in [0.25, 0.3) is 0 Å². The first-order valence-corrected chi connectivity index (χ1v) is 11.8. The lowest BCUT2D eigenvalue weighted by Gasteiger charge is -2.34. The van der Waals surface area contributed by atoms with Gasteiger partial charge in [0.2, 0.25) is 5.91 Å². The molecule has 0 aliphatic carbocycles. The van der Waals surface area contributed by atoms with Crippen molar-refractivity contribution in [2.45, 2.75) is 24.2 Å². The van der Waals surface area contributed by atoms with E-state index in [1.54, 1.807) is 4.90 Å². The molecular formula is C21H24ClN5O3S. The van der Waals surface area contributed by atoms with Gasteiger partial charge in [0, 0.05) is 30.9 Å². The Kier molecular flexibility index (Phi) is 5.81. The summed E-state index contributed by atoms with van der Waals surface area (Å²) in [6.45, 7) is 4.54. The molecule has 0 bridgehead atoms. The number of ether oxygens (including phenoxy) is 1. The molecule has 2 amide bonds. The Morgan fingerprint density at radius 2 is 2.10 bits per heavy atom. The van der Waals surface area contributed by atoms with E-state index >= 15 is 0 Å². The van der Waals surface area contributed by atoms with Gasteiger partial charge in [-0.05, 0) is 37.1 Å². The van der Waals surface area contributed by atoms with Crippen LogP contribution < -0.4 is 10.2 Å². The number of halogens is 1. The third-order valence-electron chi connectivity index (χ3n) is 5.85. The van der Waals surface area contributed by atoms with Crippen LogP contribution in [0, 0.1) is 0 Å². The van der Waals surface area contributed by atoms with Crippen LogP contribution in [-0.2, 0) is 9.53 Å². The van der Waals surface area contributed by atoms with Crippen molar-refractivity contribution < 1.29 is 14.3 Å². The van der Waals surface area contributed by atoms with Gasteiger partial charge in [-0.2, -0.15) is 0 Å². The number of benzene rings is 1. The van der Waals surface area contributed by atoms with Crippen LogP contribution in [0.1, 0.15) is 18.4 Å². The zero-order chi connectivity index (χ0) is 21.4. The van der Waals surface area contributed by atoms with Gasteiger partial charge in [-0.3, -0.25) is 19.7 Å². The van der Waals surface area contributed by atoms with Crippen molar-refractivity contribution in [1.29, 1.82) is 0 Å². The third-order valence-corrected chi connectivity index (χ3v) is 7.35. The molecule has 1 unspecified atom stereocenters. The maximum atomic E-state index is 12.4. The first-order valence-electron chi connectivity index (χ1n) is 10.5. The van der Waals surface area contributed by atoms with Gasteiger partial charge in [0.1, 0.15) is 11.9 Å². The number of rotatable bonds is 5. The number of anilines is 1. The summed E-state index contributed by atoms with van der Waals surface area (Å²) in [5.41, 5.74) is 1.83. The summed E-state index contributed by atoms with van der Waals surface area (Å²) in [6, 6.07) is 7.87. The minimum Gasteiger partial charge on any atom is -0.442 e. The number of carbonyl (C=O) groups excluding carboxylic acids is 2. The van der Waals surface area contributed by atoms with E-state index in [4.69, 9.17) is 21.3 Å². The van der Waals surface area contributed by atoms with Crippen LogP contribution in [0.5, 0.6) is 0 Å². The Morgan fingerprint density at radius 1 is 1.26 bits per heavy atom. The molecule has 2 saturated heterocycles. The molecule has 10 heteroatoms. The molecule has 4 aliphatic heterocycles. The lowest BCUT2D eigenvalue weighted by atomic mass is 10.1. The highest BCUT2D eigenvalue weighted by Gasteiger charge is 2.34. The fourth-order valence-corrected chi connectivity index (χ4v) is 5.54. The van der Waals surface area contributed by atoms with Crippen LogP contribution in [0.25, 0.3) is 0 Å². The zero-order valence-corrected chi connectivity index (χ0v) is 18.6. The number of hydrazine groups is 1. The van der Waals surface area contributed by atoms with Crippen LogP contribution >= 0.6 is 23.4 Å². The van der Waals surface area contributed by atoms with Crippen molar-refractivity contribution in [3.05, 3.63) is 40.3 Å². The van der Waals surface area contributed by atoms with Crippen molar-refractivity contribution in [2.75, 3.05) is 44.2 Å². The number of amidine groups is 1. The second-order valence-corrected chi connectivity index (χ2v) is 9.77. The fraction of sp³-hybridized carbons (Fsp3) is 0.476. The SMILES string of the molecule is O=C(NC[C@H]1CN(c2ccc(C3=NCCN4CCCN34)cc2)C(=O)O1)C1CC=C(Cl)S1. The van der Waals surface area contributed by atoms with Gasteiger partial charge in [-0.1, -0.05) is 17.7 Å². The lowest BCUT2D eigenvalue weighted by molar-refractivity contribution is -0.120. The maximum Gasteiger partial charge on any atom is 0.414 e. The van der Waals surface area contributed by atoms with Gasteiger partial charge in [0.05, 0.1) is 29.2 Å². The minimum atomic E-state index is -0.396. The molecule has 31 heavy (non-hydrogen) atoms. The number of cyclic esters (lactones) is 1. The topological polar surface area (TPSA) is 77.5 Å². The number of amides is 2. The average Bonchev–Trinajstić information content (AvgIpc) is 3.51. The molecule has 2 atom stereocenters. The molecule has 1 aromatic carbocycles. The number of aliphatic imine (C=N–C) groups is 1. The van der Waals surface area contributed by atoms with E-state index in [-0.39, 0.29) is 23.8 Å². The zero-order valence-electron chi connectivity index (χ0n) is 17.0. The number of hydrogen-bond acceptors (Lipinski definition) is 7. The van der Waals surface area contributed by atoms with Gasteiger partial charge in [0.15, 0.2) is 0 Å². The average molecular weight is 462 g/mol. The highest BCUT2D eigenvalue weighted by Crippen LogP contribution is 2.34. The molecule has 4 heterocycles. The molecule has 0 saturated carbocycles. The predicted octanol–water partition coefficient (Wildman–Crippen LogP) is 2.40.